The van der Waals surface area contributed by atoms with Crippen LogP contribution in [-0.4, -0.2) is 32.2 Å². The zero-order valence-corrected chi connectivity index (χ0v) is 11.1. The van der Waals surface area contributed by atoms with E-state index in [2.05, 4.69) is 15.3 Å². The van der Waals surface area contributed by atoms with Crippen molar-refractivity contribution in [3.63, 3.8) is 0 Å². The number of aromatic nitrogens is 2. The Bertz CT molecular complexity index is 409. The molecule has 0 bridgehead atoms. The average Bonchev–Trinajstić information content (AvgIpc) is 2.39. The molecule has 17 heavy (non-hydrogen) atoms. The zero-order chi connectivity index (χ0) is 12.1. The Kier molecular flexibility index (Phi) is 4.48. The Morgan fingerprint density at radius 1 is 1.35 bits per heavy atom. The maximum atomic E-state index is 11.3. The first-order valence-electron chi connectivity index (χ1n) is 6.23. The van der Waals surface area contributed by atoms with Gasteiger partial charge in [0.05, 0.1) is 0 Å². The van der Waals surface area contributed by atoms with E-state index >= 15 is 0 Å². The molecule has 94 valence electrons. The van der Waals surface area contributed by atoms with Gasteiger partial charge in [-0.2, -0.15) is 0 Å². The van der Waals surface area contributed by atoms with Crippen LogP contribution in [0.15, 0.2) is 6.33 Å². The molecule has 1 aromatic rings. The smallest absolute Gasteiger partial charge is 0.132 e. The highest BCUT2D eigenvalue weighted by Gasteiger charge is 2.14. The van der Waals surface area contributed by atoms with E-state index in [1.54, 1.807) is 6.33 Å². The third-order valence-corrected chi connectivity index (χ3v) is 4.37. The summed E-state index contributed by atoms with van der Waals surface area (Å²) >= 11 is 0. The molecule has 1 unspecified atom stereocenters. The Morgan fingerprint density at radius 3 is 3.00 bits per heavy atom. The van der Waals surface area contributed by atoms with Gasteiger partial charge in [-0.25, -0.2) is 9.97 Å². The molecule has 0 spiro atoms. The minimum Gasteiger partial charge on any atom is -0.369 e. The van der Waals surface area contributed by atoms with Gasteiger partial charge in [-0.1, -0.05) is 6.92 Å². The number of hydrogen-bond acceptors (Lipinski definition) is 4. The Hall–Kier alpha value is -0.970. The van der Waals surface area contributed by atoms with Gasteiger partial charge in [-0.3, -0.25) is 4.21 Å². The highest BCUT2D eigenvalue weighted by atomic mass is 32.2. The van der Waals surface area contributed by atoms with Crippen LogP contribution in [0.2, 0.25) is 0 Å². The maximum absolute atomic E-state index is 11.3. The van der Waals surface area contributed by atoms with Crippen LogP contribution < -0.4 is 5.32 Å². The van der Waals surface area contributed by atoms with Crippen LogP contribution in [0.3, 0.4) is 0 Å². The average molecular weight is 253 g/mol. The molecule has 2 rings (SSSR count). The highest BCUT2D eigenvalue weighted by Crippen LogP contribution is 2.23. The zero-order valence-electron chi connectivity index (χ0n) is 10.2. The SMILES string of the molecule is CCS(=O)CCNc1ncnc2c1CCCC2. The van der Waals surface area contributed by atoms with Gasteiger partial charge in [0.2, 0.25) is 0 Å². The standard InChI is InChI=1S/C12H19N3OS/c1-2-17(16)8-7-13-12-10-5-3-4-6-11(10)14-9-15-12/h9H,2-8H2,1H3,(H,13,14,15). The number of anilines is 1. The number of hydrogen-bond donors (Lipinski definition) is 1. The van der Waals surface area contributed by atoms with E-state index in [1.807, 2.05) is 6.92 Å². The normalized spacial score (nSPS) is 16.3. The van der Waals surface area contributed by atoms with Crippen LogP contribution in [0.4, 0.5) is 5.82 Å². The number of nitrogens with one attached hydrogen (secondary N) is 1. The molecule has 1 aliphatic carbocycles. The van der Waals surface area contributed by atoms with Crippen molar-refractivity contribution < 1.29 is 4.21 Å². The first kappa shape index (κ1) is 12.5. The predicted octanol–water partition coefficient (Wildman–Crippen LogP) is 1.54. The van der Waals surface area contributed by atoms with E-state index in [1.165, 1.54) is 24.1 Å². The van der Waals surface area contributed by atoms with E-state index in [0.717, 1.165) is 31.0 Å². The predicted molar refractivity (Wildman–Crippen MR) is 70.7 cm³/mol. The molecule has 0 saturated carbocycles. The summed E-state index contributed by atoms with van der Waals surface area (Å²) in [6.45, 7) is 2.67. The van der Waals surface area contributed by atoms with E-state index in [4.69, 9.17) is 0 Å². The van der Waals surface area contributed by atoms with E-state index in [-0.39, 0.29) is 0 Å². The molecule has 4 nitrogen and oxygen atoms in total. The molecule has 0 fully saturated rings. The van der Waals surface area contributed by atoms with Gasteiger partial charge in [-0.15, -0.1) is 0 Å². The van der Waals surface area contributed by atoms with Crippen LogP contribution in [-0.2, 0) is 23.6 Å². The molecule has 0 radical (unpaired) electrons. The third-order valence-electron chi connectivity index (χ3n) is 3.07. The van der Waals surface area contributed by atoms with Gasteiger partial charge in [0.15, 0.2) is 0 Å². The Morgan fingerprint density at radius 2 is 2.18 bits per heavy atom. The minimum atomic E-state index is -0.708. The molecule has 1 N–H and O–H groups in total. The van der Waals surface area contributed by atoms with Crippen LogP contribution in [0, 0.1) is 0 Å². The molecule has 0 aliphatic heterocycles. The quantitative estimate of drug-likeness (QED) is 0.864. The van der Waals surface area contributed by atoms with Crippen molar-refractivity contribution in [3.05, 3.63) is 17.6 Å². The lowest BCUT2D eigenvalue weighted by Gasteiger charge is -2.17. The summed E-state index contributed by atoms with van der Waals surface area (Å²) in [5.41, 5.74) is 2.45. The summed E-state index contributed by atoms with van der Waals surface area (Å²) in [4.78, 5) is 8.62. The lowest BCUT2D eigenvalue weighted by atomic mass is 9.96. The van der Waals surface area contributed by atoms with Gasteiger partial charge in [0.1, 0.15) is 12.1 Å². The van der Waals surface area contributed by atoms with Gasteiger partial charge >= 0.3 is 0 Å². The second kappa shape index (κ2) is 6.10. The summed E-state index contributed by atoms with van der Waals surface area (Å²) in [6.07, 6.45) is 6.20. The number of aryl methyl sites for hydroxylation is 1. The van der Waals surface area contributed by atoms with Crippen molar-refractivity contribution in [2.24, 2.45) is 0 Å². The van der Waals surface area contributed by atoms with Crippen molar-refractivity contribution in [2.45, 2.75) is 32.6 Å². The van der Waals surface area contributed by atoms with Gasteiger partial charge < -0.3 is 5.32 Å². The number of rotatable bonds is 5. The lowest BCUT2D eigenvalue weighted by molar-refractivity contribution is 0.663. The van der Waals surface area contributed by atoms with Crippen molar-refractivity contribution >= 4 is 16.6 Å². The van der Waals surface area contributed by atoms with Crippen molar-refractivity contribution in [3.8, 4) is 0 Å². The molecule has 0 saturated heterocycles. The van der Waals surface area contributed by atoms with Gasteiger partial charge in [0, 0.05) is 40.1 Å². The van der Waals surface area contributed by atoms with Crippen molar-refractivity contribution in [1.82, 2.24) is 9.97 Å². The molecular formula is C12H19N3OS. The summed E-state index contributed by atoms with van der Waals surface area (Å²) in [7, 11) is -0.708. The molecule has 0 amide bonds. The highest BCUT2D eigenvalue weighted by molar-refractivity contribution is 7.84. The molecule has 0 aromatic carbocycles. The van der Waals surface area contributed by atoms with Crippen LogP contribution in [0.5, 0.6) is 0 Å². The third kappa shape index (κ3) is 3.25. The summed E-state index contributed by atoms with van der Waals surface area (Å²) in [6, 6.07) is 0. The molecule has 1 heterocycles. The van der Waals surface area contributed by atoms with Crippen LogP contribution >= 0.6 is 0 Å². The largest absolute Gasteiger partial charge is 0.369 e. The van der Waals surface area contributed by atoms with Gasteiger partial charge in [-0.05, 0) is 25.7 Å². The monoisotopic (exact) mass is 253 g/mol. The van der Waals surface area contributed by atoms with Crippen molar-refractivity contribution in [2.75, 3.05) is 23.4 Å². The molecule has 1 atom stereocenters. The second-order valence-electron chi connectivity index (χ2n) is 4.21. The second-order valence-corrected chi connectivity index (χ2v) is 6.08. The van der Waals surface area contributed by atoms with Gasteiger partial charge in [0.25, 0.3) is 0 Å². The first-order valence-corrected chi connectivity index (χ1v) is 7.71. The van der Waals surface area contributed by atoms with E-state index in [0.29, 0.717) is 5.75 Å². The number of fused-ring (bicyclic) bond motifs is 1. The Balaban J connectivity index is 1.98. The summed E-state index contributed by atoms with van der Waals surface area (Å²) in [5, 5.41) is 3.29. The molecule has 5 heteroatoms. The summed E-state index contributed by atoms with van der Waals surface area (Å²) < 4.78 is 11.3. The molecule has 1 aliphatic rings. The van der Waals surface area contributed by atoms with Crippen LogP contribution in [0.1, 0.15) is 31.0 Å². The number of nitrogens with zero attached hydrogens (tertiary/aromatic N) is 2. The fourth-order valence-electron chi connectivity index (χ4n) is 2.10. The molecular weight excluding hydrogens is 234 g/mol. The first-order chi connectivity index (χ1) is 8.31. The van der Waals surface area contributed by atoms with Crippen molar-refractivity contribution in [1.29, 1.82) is 0 Å². The fraction of sp³-hybridized carbons (Fsp3) is 0.667. The lowest BCUT2D eigenvalue weighted by Crippen LogP contribution is -2.16. The molecule has 1 aromatic heterocycles. The van der Waals surface area contributed by atoms with Crippen LogP contribution in [0.25, 0.3) is 0 Å². The van der Waals surface area contributed by atoms with E-state index < -0.39 is 10.8 Å². The van der Waals surface area contributed by atoms with E-state index in [9.17, 15) is 4.21 Å². The topological polar surface area (TPSA) is 54.9 Å². The minimum absolute atomic E-state index is 0.690. The maximum Gasteiger partial charge on any atom is 0.132 e. The fourth-order valence-corrected chi connectivity index (χ4v) is 2.72. The summed E-state index contributed by atoms with van der Waals surface area (Å²) in [5.74, 6) is 2.36. The Labute approximate surface area is 105 Å².